The summed E-state index contributed by atoms with van der Waals surface area (Å²) in [6.45, 7) is 7.75. The van der Waals surface area contributed by atoms with Gasteiger partial charge in [-0.1, -0.05) is 127 Å². The van der Waals surface area contributed by atoms with Crippen LogP contribution in [0.1, 0.15) is 0 Å². The molecule has 3 aromatic heterocycles. The Balaban J connectivity index is 1.21. The molecule has 0 aliphatic carbocycles. The minimum atomic E-state index is 0.513. The molecule has 0 fully saturated rings. The number of fused-ring (bicyclic) bond motifs is 6. The Hall–Kier alpha value is -7.36. The van der Waals surface area contributed by atoms with Crippen LogP contribution in [0, 0.1) is 6.57 Å². The molecule has 0 amide bonds. The van der Waals surface area contributed by atoms with E-state index in [4.69, 9.17) is 21.5 Å². The van der Waals surface area contributed by atoms with E-state index in [9.17, 15) is 0 Å². The molecule has 0 atom stereocenters. The Morgan fingerprint density at radius 2 is 0.942 bits per heavy atom. The third kappa shape index (κ3) is 4.76. The van der Waals surface area contributed by atoms with Gasteiger partial charge < -0.3 is 4.57 Å². The molecule has 0 saturated heterocycles. The van der Waals surface area contributed by atoms with Gasteiger partial charge in [0, 0.05) is 33.0 Å². The van der Waals surface area contributed by atoms with Crippen molar-refractivity contribution in [3.63, 3.8) is 0 Å². The van der Waals surface area contributed by atoms with Crippen LogP contribution in [0.15, 0.2) is 170 Å². The van der Waals surface area contributed by atoms with Crippen molar-refractivity contribution in [2.45, 2.75) is 0 Å². The van der Waals surface area contributed by atoms with Crippen molar-refractivity contribution in [3.8, 4) is 45.5 Å². The Bertz CT molecular complexity index is 2910. The summed E-state index contributed by atoms with van der Waals surface area (Å²) >= 11 is 0. The van der Waals surface area contributed by atoms with Crippen LogP contribution < -0.4 is 0 Å². The van der Waals surface area contributed by atoms with Gasteiger partial charge in [0.05, 0.1) is 28.6 Å². The molecule has 10 aromatic rings. The van der Waals surface area contributed by atoms with Crippen LogP contribution in [0.2, 0.25) is 0 Å². The fourth-order valence-corrected chi connectivity index (χ4v) is 7.40. The van der Waals surface area contributed by atoms with Crippen LogP contribution in [0.25, 0.3) is 94.0 Å². The number of benzene rings is 7. The highest BCUT2D eigenvalue weighted by Crippen LogP contribution is 2.38. The van der Waals surface area contributed by atoms with E-state index >= 15 is 0 Å². The molecule has 0 aliphatic heterocycles. The summed E-state index contributed by atoms with van der Waals surface area (Å²) in [5, 5.41) is 4.45. The van der Waals surface area contributed by atoms with E-state index in [1.54, 1.807) is 0 Å². The largest absolute Gasteiger partial charge is 0.309 e. The van der Waals surface area contributed by atoms with E-state index in [0.717, 1.165) is 49.7 Å². The SMILES string of the molecule is [C-]#[N+]c1ccc2c(c1)c1ccc(-c3cccc(-n4c5ccccc5c5ccccc54)c3)cc1n2-c1nc(-c2ccccc2)nc(-c2ccccc2)n1. The number of rotatable bonds is 5. The predicted molar refractivity (Wildman–Crippen MR) is 211 cm³/mol. The van der Waals surface area contributed by atoms with Gasteiger partial charge in [0.1, 0.15) is 0 Å². The monoisotopic (exact) mass is 664 g/mol. The van der Waals surface area contributed by atoms with E-state index in [-0.39, 0.29) is 0 Å². The molecule has 0 N–H and O–H groups in total. The highest BCUT2D eigenvalue weighted by Gasteiger charge is 2.19. The maximum absolute atomic E-state index is 7.75. The first-order valence-corrected chi connectivity index (χ1v) is 17.2. The number of aromatic nitrogens is 5. The Morgan fingerprint density at radius 3 is 1.60 bits per heavy atom. The molecule has 0 radical (unpaired) electrons. The van der Waals surface area contributed by atoms with E-state index < -0.39 is 0 Å². The Kier molecular flexibility index (Phi) is 6.76. The minimum Gasteiger partial charge on any atom is -0.309 e. The quantitative estimate of drug-likeness (QED) is 0.172. The normalized spacial score (nSPS) is 11.4. The van der Waals surface area contributed by atoms with Crippen molar-refractivity contribution >= 4 is 49.3 Å². The van der Waals surface area contributed by atoms with Gasteiger partial charge in [0.25, 0.3) is 0 Å². The summed E-state index contributed by atoms with van der Waals surface area (Å²) in [5.74, 6) is 1.69. The number of nitrogens with zero attached hydrogens (tertiary/aromatic N) is 6. The van der Waals surface area contributed by atoms with Crippen molar-refractivity contribution in [1.29, 1.82) is 0 Å². The van der Waals surface area contributed by atoms with Crippen molar-refractivity contribution < 1.29 is 0 Å². The smallest absolute Gasteiger partial charge is 0.238 e. The average Bonchev–Trinajstić information content (AvgIpc) is 3.73. The van der Waals surface area contributed by atoms with E-state index in [0.29, 0.717) is 23.3 Å². The summed E-state index contributed by atoms with van der Waals surface area (Å²) in [6, 6.07) is 58.2. The van der Waals surface area contributed by atoms with E-state index in [1.807, 2.05) is 78.9 Å². The third-order valence-corrected chi connectivity index (χ3v) is 9.78. The van der Waals surface area contributed by atoms with Gasteiger partial charge in [0.2, 0.25) is 5.95 Å². The zero-order valence-electron chi connectivity index (χ0n) is 27.8. The number of hydrogen-bond acceptors (Lipinski definition) is 3. The summed E-state index contributed by atoms with van der Waals surface area (Å²) in [5.41, 5.74) is 9.84. The minimum absolute atomic E-state index is 0.513. The van der Waals surface area contributed by atoms with Crippen LogP contribution in [0.5, 0.6) is 0 Å². The molecule has 0 unspecified atom stereocenters. The van der Waals surface area contributed by atoms with Crippen LogP contribution in [0.3, 0.4) is 0 Å². The molecule has 0 spiro atoms. The van der Waals surface area contributed by atoms with Gasteiger partial charge in [-0.05, 0) is 59.0 Å². The molecule has 0 aliphatic rings. The molecule has 52 heavy (non-hydrogen) atoms. The zero-order chi connectivity index (χ0) is 34.6. The molecule has 6 heteroatoms. The highest BCUT2D eigenvalue weighted by atomic mass is 15.2. The van der Waals surface area contributed by atoms with Crippen LogP contribution in [0.4, 0.5) is 5.69 Å². The molecule has 242 valence electrons. The second-order valence-electron chi connectivity index (χ2n) is 12.8. The molecule has 10 rings (SSSR count). The molecular weight excluding hydrogens is 637 g/mol. The van der Waals surface area contributed by atoms with Gasteiger partial charge in [-0.15, -0.1) is 0 Å². The molecule has 6 nitrogen and oxygen atoms in total. The maximum Gasteiger partial charge on any atom is 0.238 e. The lowest BCUT2D eigenvalue weighted by atomic mass is 10.0. The topological polar surface area (TPSA) is 52.9 Å². The second kappa shape index (κ2) is 11.9. The Labute approximate surface area is 299 Å². The summed E-state index contributed by atoms with van der Waals surface area (Å²) < 4.78 is 4.45. The first-order chi connectivity index (χ1) is 25.7. The lowest BCUT2D eigenvalue weighted by Gasteiger charge is -2.12. The molecule has 7 aromatic carbocycles. The number of hydrogen-bond donors (Lipinski definition) is 0. The number of para-hydroxylation sites is 2. The van der Waals surface area contributed by atoms with Crippen molar-refractivity contribution in [1.82, 2.24) is 24.1 Å². The summed E-state index contributed by atoms with van der Waals surface area (Å²) in [7, 11) is 0. The fourth-order valence-electron chi connectivity index (χ4n) is 7.40. The average molecular weight is 665 g/mol. The van der Waals surface area contributed by atoms with E-state index in [2.05, 4.69) is 105 Å². The lowest BCUT2D eigenvalue weighted by molar-refractivity contribution is 0.953. The molecule has 3 heterocycles. The van der Waals surface area contributed by atoms with Crippen LogP contribution >= 0.6 is 0 Å². The Morgan fingerprint density at radius 1 is 0.385 bits per heavy atom. The van der Waals surface area contributed by atoms with Gasteiger partial charge in [0.15, 0.2) is 17.3 Å². The predicted octanol–water partition coefficient (Wildman–Crippen LogP) is 11.6. The van der Waals surface area contributed by atoms with Gasteiger partial charge >= 0.3 is 0 Å². The summed E-state index contributed by atoms with van der Waals surface area (Å²) in [6.07, 6.45) is 0. The third-order valence-electron chi connectivity index (χ3n) is 9.78. The first kappa shape index (κ1) is 29.5. The lowest BCUT2D eigenvalue weighted by Crippen LogP contribution is -2.06. The van der Waals surface area contributed by atoms with Gasteiger partial charge in [-0.3, -0.25) is 4.57 Å². The second-order valence-corrected chi connectivity index (χ2v) is 12.8. The van der Waals surface area contributed by atoms with Crippen molar-refractivity contribution in [3.05, 3.63) is 181 Å². The van der Waals surface area contributed by atoms with Gasteiger partial charge in [-0.2, -0.15) is 9.97 Å². The van der Waals surface area contributed by atoms with Crippen molar-refractivity contribution in [2.75, 3.05) is 0 Å². The first-order valence-electron chi connectivity index (χ1n) is 17.2. The fraction of sp³-hybridized carbons (Fsp3) is 0. The molecule has 0 bridgehead atoms. The van der Waals surface area contributed by atoms with E-state index in [1.165, 1.54) is 21.8 Å². The summed E-state index contributed by atoms with van der Waals surface area (Å²) in [4.78, 5) is 18.9. The van der Waals surface area contributed by atoms with Crippen LogP contribution in [-0.2, 0) is 0 Å². The van der Waals surface area contributed by atoms with Crippen molar-refractivity contribution in [2.24, 2.45) is 0 Å². The highest BCUT2D eigenvalue weighted by molar-refractivity contribution is 6.11. The standard InChI is InChI=1S/C46H28N6/c1-47-34-24-26-42-39(29-34)38-25-23-33(32-17-12-18-35(27-32)51-40-21-10-8-19-36(40)37-20-9-11-22-41(37)51)28-43(38)52(42)46-49-44(30-13-4-2-5-14-30)48-45(50-46)31-15-6-3-7-16-31/h2-29H. The van der Waals surface area contributed by atoms with Crippen LogP contribution in [-0.4, -0.2) is 24.1 Å². The molecule has 0 saturated carbocycles. The van der Waals surface area contributed by atoms with Gasteiger partial charge in [-0.25, -0.2) is 9.83 Å². The zero-order valence-corrected chi connectivity index (χ0v) is 27.8. The maximum atomic E-state index is 7.75. The molecular formula is C46H28N6.